The van der Waals surface area contributed by atoms with Crippen molar-refractivity contribution in [1.82, 2.24) is 25.5 Å². The number of rotatable bonds is 7. The van der Waals surface area contributed by atoms with Crippen molar-refractivity contribution in [2.75, 3.05) is 50.7 Å². The molecular weight excluding hydrogens is 508 g/mol. The molecular formula is C22H33FIN7. The van der Waals surface area contributed by atoms with Crippen LogP contribution in [0.5, 0.6) is 0 Å². The molecule has 0 aliphatic carbocycles. The van der Waals surface area contributed by atoms with E-state index < -0.39 is 0 Å². The number of nitrogens with zero attached hydrogens (tertiary/aromatic N) is 5. The maximum absolute atomic E-state index is 13.9. The molecule has 3 rings (SSSR count). The van der Waals surface area contributed by atoms with Gasteiger partial charge >= 0.3 is 0 Å². The molecule has 0 saturated carbocycles. The molecule has 7 nitrogen and oxygen atoms in total. The van der Waals surface area contributed by atoms with E-state index in [-0.39, 0.29) is 35.8 Å². The summed E-state index contributed by atoms with van der Waals surface area (Å²) in [5.41, 5.74) is 1.56. The lowest BCUT2D eigenvalue weighted by Crippen LogP contribution is -2.48. The molecule has 1 fully saturated rings. The minimum Gasteiger partial charge on any atom is -0.357 e. The Morgan fingerprint density at radius 2 is 1.90 bits per heavy atom. The number of aryl methyl sites for hydroxylation is 1. The molecule has 9 heteroatoms. The largest absolute Gasteiger partial charge is 0.357 e. The van der Waals surface area contributed by atoms with Crippen LogP contribution in [0.4, 0.5) is 10.3 Å². The van der Waals surface area contributed by atoms with Gasteiger partial charge in [-0.2, -0.15) is 0 Å². The SMILES string of the molecule is CCNC(=NCCN1CCN(c2ncccn2)CC1)NC(C)c1ccc(C)c(F)c1.I. The van der Waals surface area contributed by atoms with Crippen LogP contribution in [-0.2, 0) is 0 Å². The predicted molar refractivity (Wildman–Crippen MR) is 135 cm³/mol. The van der Waals surface area contributed by atoms with E-state index in [4.69, 9.17) is 4.99 Å². The van der Waals surface area contributed by atoms with Gasteiger partial charge in [0.15, 0.2) is 5.96 Å². The molecule has 2 aromatic rings. The van der Waals surface area contributed by atoms with Gasteiger partial charge in [-0.3, -0.25) is 9.89 Å². The zero-order valence-corrected chi connectivity index (χ0v) is 20.8. The number of guanidine groups is 1. The lowest BCUT2D eigenvalue weighted by molar-refractivity contribution is 0.263. The molecule has 0 amide bonds. The Morgan fingerprint density at radius 3 is 2.55 bits per heavy atom. The van der Waals surface area contributed by atoms with E-state index in [0.29, 0.717) is 12.1 Å². The van der Waals surface area contributed by atoms with Crippen molar-refractivity contribution >= 4 is 35.9 Å². The van der Waals surface area contributed by atoms with Gasteiger partial charge in [-0.05, 0) is 44.0 Å². The van der Waals surface area contributed by atoms with Gasteiger partial charge in [0.05, 0.1) is 12.6 Å². The van der Waals surface area contributed by atoms with Crippen molar-refractivity contribution in [3.05, 3.63) is 53.6 Å². The number of hydrogen-bond acceptors (Lipinski definition) is 5. The van der Waals surface area contributed by atoms with Gasteiger partial charge in [0.2, 0.25) is 5.95 Å². The summed E-state index contributed by atoms with van der Waals surface area (Å²) in [6.07, 6.45) is 3.56. The fourth-order valence-electron chi connectivity index (χ4n) is 3.42. The quantitative estimate of drug-likeness (QED) is 0.319. The molecule has 2 N–H and O–H groups in total. The lowest BCUT2D eigenvalue weighted by atomic mass is 10.1. The summed E-state index contributed by atoms with van der Waals surface area (Å²) in [5, 5.41) is 6.65. The molecule has 1 aromatic heterocycles. The van der Waals surface area contributed by atoms with Gasteiger partial charge in [-0.1, -0.05) is 12.1 Å². The second kappa shape index (κ2) is 12.7. The number of anilines is 1. The number of piperazine rings is 1. The van der Waals surface area contributed by atoms with E-state index in [0.717, 1.165) is 56.7 Å². The van der Waals surface area contributed by atoms with Crippen LogP contribution in [0, 0.1) is 12.7 Å². The van der Waals surface area contributed by atoms with Crippen LogP contribution < -0.4 is 15.5 Å². The summed E-state index contributed by atoms with van der Waals surface area (Å²) in [6.45, 7) is 12.0. The van der Waals surface area contributed by atoms with Crippen LogP contribution in [-0.4, -0.2) is 66.6 Å². The minimum atomic E-state index is -0.178. The minimum absolute atomic E-state index is 0. The van der Waals surface area contributed by atoms with Crippen LogP contribution in [0.25, 0.3) is 0 Å². The van der Waals surface area contributed by atoms with Gasteiger partial charge in [0.1, 0.15) is 5.82 Å². The van der Waals surface area contributed by atoms with E-state index >= 15 is 0 Å². The van der Waals surface area contributed by atoms with Gasteiger partial charge in [-0.25, -0.2) is 14.4 Å². The van der Waals surface area contributed by atoms with E-state index in [1.807, 2.05) is 32.0 Å². The maximum Gasteiger partial charge on any atom is 0.225 e. The normalized spacial score (nSPS) is 15.9. The first kappa shape index (κ1) is 25.3. The second-order valence-electron chi connectivity index (χ2n) is 7.51. The number of hydrogen-bond donors (Lipinski definition) is 2. The summed E-state index contributed by atoms with van der Waals surface area (Å²) < 4.78 is 13.9. The van der Waals surface area contributed by atoms with Crippen LogP contribution >= 0.6 is 24.0 Å². The van der Waals surface area contributed by atoms with Crippen molar-refractivity contribution in [3.63, 3.8) is 0 Å². The Balaban J connectivity index is 0.00000341. The summed E-state index contributed by atoms with van der Waals surface area (Å²) >= 11 is 0. The number of nitrogens with one attached hydrogen (secondary N) is 2. The zero-order chi connectivity index (χ0) is 21.3. The third-order valence-electron chi connectivity index (χ3n) is 5.29. The molecule has 0 bridgehead atoms. The zero-order valence-electron chi connectivity index (χ0n) is 18.5. The molecule has 1 aromatic carbocycles. The Labute approximate surface area is 201 Å². The van der Waals surface area contributed by atoms with Gasteiger partial charge in [0, 0.05) is 51.7 Å². The maximum atomic E-state index is 13.9. The average molecular weight is 541 g/mol. The summed E-state index contributed by atoms with van der Waals surface area (Å²) in [7, 11) is 0. The molecule has 31 heavy (non-hydrogen) atoms. The first-order chi connectivity index (χ1) is 14.6. The van der Waals surface area contributed by atoms with Crippen molar-refractivity contribution in [2.45, 2.75) is 26.8 Å². The molecule has 1 atom stereocenters. The summed E-state index contributed by atoms with van der Waals surface area (Å²) in [6, 6.07) is 7.16. The Bertz CT molecular complexity index is 826. The molecule has 1 saturated heterocycles. The molecule has 170 valence electrons. The van der Waals surface area contributed by atoms with Gasteiger partial charge in [-0.15, -0.1) is 24.0 Å². The van der Waals surface area contributed by atoms with Crippen molar-refractivity contribution in [3.8, 4) is 0 Å². The molecule has 1 aliphatic heterocycles. The Hall–Kier alpha value is -2.01. The van der Waals surface area contributed by atoms with E-state index in [2.05, 4.69) is 30.4 Å². The molecule has 1 unspecified atom stereocenters. The molecule has 2 heterocycles. The number of aliphatic imine (C=N–C) groups is 1. The highest BCUT2D eigenvalue weighted by Gasteiger charge is 2.18. The molecule has 1 aliphatic rings. The van der Waals surface area contributed by atoms with Crippen LogP contribution in [0.2, 0.25) is 0 Å². The van der Waals surface area contributed by atoms with Crippen LogP contribution in [0.15, 0.2) is 41.7 Å². The number of benzene rings is 1. The lowest BCUT2D eigenvalue weighted by Gasteiger charge is -2.34. The van der Waals surface area contributed by atoms with Gasteiger partial charge in [0.25, 0.3) is 0 Å². The second-order valence-corrected chi connectivity index (χ2v) is 7.51. The topological polar surface area (TPSA) is 68.7 Å². The molecule has 0 spiro atoms. The fraction of sp³-hybridized carbons (Fsp3) is 0.500. The number of aromatic nitrogens is 2. The third-order valence-corrected chi connectivity index (χ3v) is 5.29. The van der Waals surface area contributed by atoms with Crippen LogP contribution in [0.1, 0.15) is 31.0 Å². The van der Waals surface area contributed by atoms with Crippen molar-refractivity contribution in [2.24, 2.45) is 4.99 Å². The highest BCUT2D eigenvalue weighted by Crippen LogP contribution is 2.16. The summed E-state index contributed by atoms with van der Waals surface area (Å²) in [4.78, 5) is 18.0. The fourth-order valence-corrected chi connectivity index (χ4v) is 3.42. The monoisotopic (exact) mass is 541 g/mol. The number of halogens is 2. The van der Waals surface area contributed by atoms with Gasteiger partial charge < -0.3 is 15.5 Å². The van der Waals surface area contributed by atoms with E-state index in [9.17, 15) is 4.39 Å². The smallest absolute Gasteiger partial charge is 0.225 e. The predicted octanol–water partition coefficient (Wildman–Crippen LogP) is 2.98. The van der Waals surface area contributed by atoms with Crippen molar-refractivity contribution in [1.29, 1.82) is 0 Å². The Kier molecular flexibility index (Phi) is 10.4. The van der Waals surface area contributed by atoms with E-state index in [1.165, 1.54) is 0 Å². The molecule has 0 radical (unpaired) electrons. The van der Waals surface area contributed by atoms with Crippen molar-refractivity contribution < 1.29 is 4.39 Å². The third kappa shape index (κ3) is 7.57. The Morgan fingerprint density at radius 1 is 1.19 bits per heavy atom. The highest BCUT2D eigenvalue weighted by atomic mass is 127. The first-order valence-corrected chi connectivity index (χ1v) is 10.6. The average Bonchev–Trinajstić information content (AvgIpc) is 2.77. The standard InChI is InChI=1S/C22H32FN7.HI/c1-4-24-21(28-18(3)19-7-6-17(2)20(23)16-19)25-10-11-29-12-14-30(15-13-29)22-26-8-5-9-27-22;/h5-9,16,18H,4,10-15H2,1-3H3,(H2,24,25,28);1H. The van der Waals surface area contributed by atoms with Crippen LogP contribution in [0.3, 0.4) is 0 Å². The first-order valence-electron chi connectivity index (χ1n) is 10.6. The summed E-state index contributed by atoms with van der Waals surface area (Å²) in [5.74, 6) is 1.38. The highest BCUT2D eigenvalue weighted by molar-refractivity contribution is 14.0. The van der Waals surface area contributed by atoms with E-state index in [1.54, 1.807) is 25.4 Å².